The van der Waals surface area contributed by atoms with Gasteiger partial charge >= 0.3 is 5.76 Å². The smallest absolute Gasteiger partial charge is 0.420 e. The number of carbonyl (C=O) groups is 1. The van der Waals surface area contributed by atoms with Crippen LogP contribution in [-0.2, 0) is 11.3 Å². The second kappa shape index (κ2) is 5.47. The van der Waals surface area contributed by atoms with Gasteiger partial charge in [-0.15, -0.1) is 10.2 Å². The number of para-hydroxylation sites is 2. The van der Waals surface area contributed by atoms with E-state index in [1.807, 2.05) is 0 Å². The number of rotatable bonds is 4. The highest BCUT2D eigenvalue weighted by molar-refractivity contribution is 5.82. The van der Waals surface area contributed by atoms with Crippen molar-refractivity contribution in [1.82, 2.24) is 20.1 Å². The Morgan fingerprint density at radius 3 is 2.82 bits per heavy atom. The molecule has 8 heteroatoms. The van der Waals surface area contributed by atoms with E-state index in [1.165, 1.54) is 4.57 Å². The zero-order chi connectivity index (χ0) is 15.7. The molecule has 1 unspecified atom stereocenters. The van der Waals surface area contributed by atoms with Crippen molar-refractivity contribution in [3.05, 3.63) is 46.6 Å². The quantitative estimate of drug-likeness (QED) is 0.775. The summed E-state index contributed by atoms with van der Waals surface area (Å²) in [6, 6.07) is 6.22. The number of nitrogens with zero attached hydrogens (tertiary/aromatic N) is 3. The van der Waals surface area contributed by atoms with Gasteiger partial charge in [0, 0.05) is 6.92 Å². The summed E-state index contributed by atoms with van der Waals surface area (Å²) in [5, 5.41) is 10.1. The van der Waals surface area contributed by atoms with Crippen LogP contribution in [0.5, 0.6) is 0 Å². The number of aromatic nitrogens is 3. The minimum absolute atomic E-state index is 0.106. The van der Waals surface area contributed by atoms with E-state index in [4.69, 9.17) is 8.83 Å². The van der Waals surface area contributed by atoms with E-state index in [-0.39, 0.29) is 12.5 Å². The summed E-state index contributed by atoms with van der Waals surface area (Å²) in [4.78, 5) is 24.2. The normalized spacial score (nSPS) is 12.5. The number of hydrogen-bond acceptors (Lipinski definition) is 6. The standard InChI is InChI=1S/C14H14N4O4/c1-8(13(19)15-7-12-17-16-9(2)21-12)18-10-5-3-4-6-11(10)22-14(18)20/h3-6,8H,7H2,1-2H3,(H,15,19). The first kappa shape index (κ1) is 14.1. The van der Waals surface area contributed by atoms with Crippen LogP contribution < -0.4 is 11.1 Å². The van der Waals surface area contributed by atoms with Crippen LogP contribution in [0, 0.1) is 6.92 Å². The van der Waals surface area contributed by atoms with Gasteiger partial charge in [0.05, 0.1) is 12.1 Å². The number of amides is 1. The minimum atomic E-state index is -0.722. The average molecular weight is 302 g/mol. The zero-order valence-electron chi connectivity index (χ0n) is 12.1. The van der Waals surface area contributed by atoms with Crippen molar-refractivity contribution in [3.8, 4) is 0 Å². The molecule has 0 aliphatic heterocycles. The summed E-state index contributed by atoms with van der Waals surface area (Å²) in [6.45, 7) is 3.39. The maximum Gasteiger partial charge on any atom is 0.420 e. The van der Waals surface area contributed by atoms with Crippen LogP contribution >= 0.6 is 0 Å². The molecule has 0 aliphatic carbocycles. The van der Waals surface area contributed by atoms with Gasteiger partial charge in [-0.25, -0.2) is 4.79 Å². The van der Waals surface area contributed by atoms with E-state index >= 15 is 0 Å². The second-order valence-electron chi connectivity index (χ2n) is 4.81. The zero-order valence-corrected chi connectivity index (χ0v) is 12.1. The molecule has 1 aromatic carbocycles. The number of carbonyl (C=O) groups excluding carboxylic acids is 1. The monoisotopic (exact) mass is 302 g/mol. The van der Waals surface area contributed by atoms with E-state index in [9.17, 15) is 9.59 Å². The molecule has 0 bridgehead atoms. The molecule has 0 saturated heterocycles. The van der Waals surface area contributed by atoms with Crippen LogP contribution in [0.15, 0.2) is 37.9 Å². The number of oxazole rings is 1. The lowest BCUT2D eigenvalue weighted by atomic mass is 10.2. The second-order valence-corrected chi connectivity index (χ2v) is 4.81. The molecular formula is C14H14N4O4. The molecule has 0 spiro atoms. The van der Waals surface area contributed by atoms with Crippen LogP contribution in [0.1, 0.15) is 24.7 Å². The third kappa shape index (κ3) is 2.50. The summed E-state index contributed by atoms with van der Waals surface area (Å²) in [5.74, 6) is -0.182. The van der Waals surface area contributed by atoms with E-state index in [2.05, 4.69) is 15.5 Å². The first-order chi connectivity index (χ1) is 10.6. The Labute approximate surface area is 124 Å². The Bertz CT molecular complexity index is 876. The van der Waals surface area contributed by atoms with E-state index in [1.54, 1.807) is 38.1 Å². The molecule has 114 valence electrons. The number of aryl methyl sites for hydroxylation is 1. The molecule has 1 N–H and O–H groups in total. The third-order valence-corrected chi connectivity index (χ3v) is 3.27. The Morgan fingerprint density at radius 2 is 2.09 bits per heavy atom. The largest absolute Gasteiger partial charge is 0.424 e. The molecule has 2 aromatic heterocycles. The third-order valence-electron chi connectivity index (χ3n) is 3.27. The van der Waals surface area contributed by atoms with Gasteiger partial charge in [0.15, 0.2) is 5.58 Å². The predicted octanol–water partition coefficient (Wildman–Crippen LogP) is 1.16. The fourth-order valence-electron chi connectivity index (χ4n) is 2.19. The first-order valence-electron chi connectivity index (χ1n) is 6.73. The predicted molar refractivity (Wildman–Crippen MR) is 76.1 cm³/mol. The molecule has 0 radical (unpaired) electrons. The Kier molecular flexibility index (Phi) is 3.50. The van der Waals surface area contributed by atoms with E-state index in [0.717, 1.165) is 0 Å². The molecule has 0 fully saturated rings. The summed E-state index contributed by atoms with van der Waals surface area (Å²) < 4.78 is 11.6. The summed E-state index contributed by atoms with van der Waals surface area (Å²) in [6.07, 6.45) is 0. The van der Waals surface area contributed by atoms with Gasteiger partial charge in [-0.05, 0) is 19.1 Å². The molecular weight excluding hydrogens is 288 g/mol. The number of fused-ring (bicyclic) bond motifs is 1. The summed E-state index contributed by atoms with van der Waals surface area (Å²) in [5.41, 5.74) is 1.02. The molecule has 1 atom stereocenters. The van der Waals surface area contributed by atoms with Gasteiger partial charge in [-0.3, -0.25) is 9.36 Å². The van der Waals surface area contributed by atoms with Crippen molar-refractivity contribution in [2.45, 2.75) is 26.4 Å². The number of hydrogen-bond donors (Lipinski definition) is 1. The average Bonchev–Trinajstić information content (AvgIpc) is 3.06. The van der Waals surface area contributed by atoms with Crippen LogP contribution in [0.4, 0.5) is 0 Å². The van der Waals surface area contributed by atoms with Gasteiger partial charge in [0.25, 0.3) is 0 Å². The lowest BCUT2D eigenvalue weighted by Gasteiger charge is -2.12. The molecule has 3 aromatic rings. The van der Waals surface area contributed by atoms with Crippen molar-refractivity contribution >= 4 is 17.0 Å². The molecule has 0 saturated carbocycles. The topological polar surface area (TPSA) is 103 Å². The molecule has 1 amide bonds. The molecule has 8 nitrogen and oxygen atoms in total. The van der Waals surface area contributed by atoms with Crippen molar-refractivity contribution < 1.29 is 13.6 Å². The Balaban J connectivity index is 1.80. The SMILES string of the molecule is Cc1nnc(CNC(=O)C(C)n2c(=O)oc3ccccc32)o1. The fourth-order valence-corrected chi connectivity index (χ4v) is 2.19. The number of benzene rings is 1. The van der Waals surface area contributed by atoms with Gasteiger partial charge in [-0.2, -0.15) is 0 Å². The Morgan fingerprint density at radius 1 is 1.32 bits per heavy atom. The maximum absolute atomic E-state index is 12.2. The highest BCUT2D eigenvalue weighted by atomic mass is 16.4. The van der Waals surface area contributed by atoms with Gasteiger partial charge in [-0.1, -0.05) is 12.1 Å². The van der Waals surface area contributed by atoms with Gasteiger partial charge < -0.3 is 14.2 Å². The van der Waals surface area contributed by atoms with Crippen molar-refractivity contribution in [1.29, 1.82) is 0 Å². The van der Waals surface area contributed by atoms with Crippen molar-refractivity contribution in [2.24, 2.45) is 0 Å². The lowest BCUT2D eigenvalue weighted by Crippen LogP contribution is -2.34. The van der Waals surface area contributed by atoms with Crippen LogP contribution in [0.2, 0.25) is 0 Å². The summed E-state index contributed by atoms with van der Waals surface area (Å²) >= 11 is 0. The van der Waals surface area contributed by atoms with Crippen molar-refractivity contribution in [2.75, 3.05) is 0 Å². The molecule has 2 heterocycles. The number of nitrogens with one attached hydrogen (secondary N) is 1. The molecule has 3 rings (SSSR count). The van der Waals surface area contributed by atoms with Crippen LogP contribution in [-0.4, -0.2) is 20.7 Å². The van der Waals surface area contributed by atoms with Gasteiger partial charge in [0.2, 0.25) is 17.7 Å². The highest BCUT2D eigenvalue weighted by Gasteiger charge is 2.21. The van der Waals surface area contributed by atoms with Crippen LogP contribution in [0.3, 0.4) is 0 Å². The van der Waals surface area contributed by atoms with Crippen molar-refractivity contribution in [3.63, 3.8) is 0 Å². The van der Waals surface area contributed by atoms with Crippen LogP contribution in [0.25, 0.3) is 11.1 Å². The van der Waals surface area contributed by atoms with E-state index in [0.29, 0.717) is 22.9 Å². The van der Waals surface area contributed by atoms with E-state index < -0.39 is 11.8 Å². The minimum Gasteiger partial charge on any atom is -0.424 e. The maximum atomic E-state index is 12.2. The summed E-state index contributed by atoms with van der Waals surface area (Å²) in [7, 11) is 0. The first-order valence-corrected chi connectivity index (χ1v) is 6.73. The highest BCUT2D eigenvalue weighted by Crippen LogP contribution is 2.16. The molecule has 0 aliphatic rings. The molecule has 22 heavy (non-hydrogen) atoms. The van der Waals surface area contributed by atoms with Gasteiger partial charge in [0.1, 0.15) is 6.04 Å². The lowest BCUT2D eigenvalue weighted by molar-refractivity contribution is -0.124. The fraction of sp³-hybridized carbons (Fsp3) is 0.286. The Hall–Kier alpha value is -2.90.